The van der Waals surface area contributed by atoms with Crippen molar-refractivity contribution in [2.75, 3.05) is 26.4 Å². The van der Waals surface area contributed by atoms with Crippen molar-refractivity contribution < 1.29 is 45.8 Å². The van der Waals surface area contributed by atoms with Gasteiger partial charge in [0.05, 0.1) is 26.2 Å². The van der Waals surface area contributed by atoms with Crippen LogP contribution in [0, 0.1) is 58.7 Å². The zero-order chi connectivity index (χ0) is 24.0. The van der Waals surface area contributed by atoms with Crippen LogP contribution in [0.3, 0.4) is 0 Å². The second-order valence-corrected chi connectivity index (χ2v) is 7.68. The molecule has 3 atom stereocenters. The van der Waals surface area contributed by atoms with E-state index in [9.17, 15) is 31.5 Å². The molecule has 2 aliphatic carbocycles. The summed E-state index contributed by atoms with van der Waals surface area (Å²) in [6.07, 6.45) is 2.67. The van der Waals surface area contributed by atoms with Crippen LogP contribution >= 0.6 is 0 Å². The van der Waals surface area contributed by atoms with Gasteiger partial charge in [0.1, 0.15) is 0 Å². The summed E-state index contributed by atoms with van der Waals surface area (Å²) < 4.78 is 80.7. The second kappa shape index (κ2) is 11.3. The van der Waals surface area contributed by atoms with Crippen LogP contribution < -0.4 is 10.1 Å². The van der Waals surface area contributed by atoms with Gasteiger partial charge < -0.3 is 19.5 Å². The summed E-state index contributed by atoms with van der Waals surface area (Å²) in [5.74, 6) is -6.50. The fourth-order valence-electron chi connectivity index (χ4n) is 3.83. The molecule has 1 aromatic carbocycles. The highest BCUT2D eigenvalue weighted by molar-refractivity contribution is 5.72. The third-order valence-electron chi connectivity index (χ3n) is 5.60. The summed E-state index contributed by atoms with van der Waals surface area (Å²) in [5.41, 5.74) is 0. The number of alkyl carbamates (subject to hydrolysis) is 1. The Kier molecular flexibility index (Phi) is 8.49. The van der Waals surface area contributed by atoms with Gasteiger partial charge in [-0.05, 0) is 30.6 Å². The lowest BCUT2D eigenvalue weighted by atomic mass is 10.1. The largest absolute Gasteiger partial charge is 0.449 e. The molecule has 0 spiro atoms. The fourth-order valence-corrected chi connectivity index (χ4v) is 3.83. The van der Waals surface area contributed by atoms with Crippen molar-refractivity contribution in [3.8, 4) is 17.6 Å². The molecule has 180 valence electrons. The molecule has 0 bridgehead atoms. The van der Waals surface area contributed by atoms with E-state index < -0.39 is 53.3 Å². The minimum absolute atomic E-state index is 0.00305. The molecule has 1 aromatic rings. The Bertz CT molecular complexity index is 914. The number of esters is 1. The first-order chi connectivity index (χ1) is 15.8. The molecule has 0 radical (unpaired) electrons. The van der Waals surface area contributed by atoms with Crippen LogP contribution in [-0.4, -0.2) is 38.4 Å². The molecule has 0 aliphatic heterocycles. The lowest BCUT2D eigenvalue weighted by Crippen LogP contribution is -2.29. The average Bonchev–Trinajstić information content (AvgIpc) is 3.43. The number of hydrogen-bond donors (Lipinski definition) is 1. The normalized spacial score (nSPS) is 21.1. The zero-order valence-electron chi connectivity index (χ0n) is 17.5. The molecule has 1 unspecified atom stereocenters. The molecule has 6 nitrogen and oxygen atoms in total. The van der Waals surface area contributed by atoms with Crippen molar-refractivity contribution in [1.82, 2.24) is 5.32 Å². The summed E-state index contributed by atoms with van der Waals surface area (Å²) in [7, 11) is 0. The van der Waals surface area contributed by atoms with E-state index >= 15 is 0 Å². The van der Waals surface area contributed by atoms with Crippen LogP contribution in [0.25, 0.3) is 0 Å². The van der Waals surface area contributed by atoms with Crippen LogP contribution in [0.4, 0.5) is 26.7 Å². The first-order valence-corrected chi connectivity index (χ1v) is 10.5. The molecule has 2 aliphatic rings. The number of carbonyl (C=O) groups is 2. The van der Waals surface area contributed by atoms with Crippen LogP contribution in [-0.2, 0) is 14.3 Å². The van der Waals surface area contributed by atoms with Crippen LogP contribution in [0.5, 0.6) is 5.75 Å². The van der Waals surface area contributed by atoms with E-state index in [0.29, 0.717) is 24.4 Å². The number of nitrogens with one attached hydrogen (secondary N) is 1. The molecule has 1 fully saturated rings. The molecule has 1 amide bonds. The van der Waals surface area contributed by atoms with Crippen molar-refractivity contribution in [2.45, 2.75) is 32.1 Å². The summed E-state index contributed by atoms with van der Waals surface area (Å²) in [6.45, 7) is 0.151. The Hall–Kier alpha value is -2.87. The van der Waals surface area contributed by atoms with E-state index in [2.05, 4.69) is 21.9 Å². The maximum atomic E-state index is 13.5. The van der Waals surface area contributed by atoms with Gasteiger partial charge in [-0.15, -0.1) is 11.8 Å². The minimum Gasteiger partial charge on any atom is -0.449 e. The smallest absolute Gasteiger partial charge is 0.407 e. The van der Waals surface area contributed by atoms with E-state index in [1.165, 1.54) is 0 Å². The first kappa shape index (κ1) is 24.8. The molecular formula is C22H22F5NO5. The number of rotatable bonds is 9. The Balaban J connectivity index is 1.27. The van der Waals surface area contributed by atoms with Crippen molar-refractivity contribution in [3.05, 3.63) is 29.1 Å². The highest BCUT2D eigenvalue weighted by Crippen LogP contribution is 2.52. The predicted molar refractivity (Wildman–Crippen MR) is 103 cm³/mol. The summed E-state index contributed by atoms with van der Waals surface area (Å²) in [4.78, 5) is 23.4. The Morgan fingerprint density at radius 3 is 2.06 bits per heavy atom. The second-order valence-electron chi connectivity index (χ2n) is 7.68. The monoisotopic (exact) mass is 475 g/mol. The van der Waals surface area contributed by atoms with Gasteiger partial charge in [-0.2, -0.15) is 8.78 Å². The van der Waals surface area contributed by atoms with Gasteiger partial charge in [0, 0.05) is 19.4 Å². The van der Waals surface area contributed by atoms with Gasteiger partial charge in [0.15, 0.2) is 0 Å². The molecule has 3 rings (SSSR count). The van der Waals surface area contributed by atoms with Crippen molar-refractivity contribution in [3.63, 3.8) is 0 Å². The lowest BCUT2D eigenvalue weighted by molar-refractivity contribution is -0.136. The van der Waals surface area contributed by atoms with Gasteiger partial charge in [-0.25, -0.2) is 18.0 Å². The molecule has 0 heterocycles. The number of amides is 1. The topological polar surface area (TPSA) is 73.9 Å². The van der Waals surface area contributed by atoms with Gasteiger partial charge in [-0.3, -0.25) is 4.79 Å². The minimum atomic E-state index is -2.35. The van der Waals surface area contributed by atoms with Crippen LogP contribution in [0.1, 0.15) is 32.1 Å². The molecule has 11 heteroatoms. The Morgan fingerprint density at radius 2 is 1.45 bits per heavy atom. The van der Waals surface area contributed by atoms with E-state index in [1.807, 2.05) is 0 Å². The Morgan fingerprint density at radius 1 is 0.879 bits per heavy atom. The van der Waals surface area contributed by atoms with E-state index in [4.69, 9.17) is 9.47 Å². The SMILES string of the molecule is O=C(CCOCCNC(=O)OCC1[C@H]2CCC#CCC[C@@H]12)Oc1c(F)c(F)c(F)c(F)c1F. The summed E-state index contributed by atoms with van der Waals surface area (Å²) in [6, 6.07) is 0. The third-order valence-corrected chi connectivity index (χ3v) is 5.60. The molecule has 1 N–H and O–H groups in total. The summed E-state index contributed by atoms with van der Waals surface area (Å²) >= 11 is 0. The van der Waals surface area contributed by atoms with Crippen LogP contribution in [0.2, 0.25) is 0 Å². The lowest BCUT2D eigenvalue weighted by Gasteiger charge is -2.09. The molecular weight excluding hydrogens is 453 g/mol. The quantitative estimate of drug-likeness (QED) is 0.112. The van der Waals surface area contributed by atoms with Gasteiger partial charge >= 0.3 is 12.1 Å². The fraction of sp³-hybridized carbons (Fsp3) is 0.545. The summed E-state index contributed by atoms with van der Waals surface area (Å²) in [5, 5.41) is 2.49. The van der Waals surface area contributed by atoms with E-state index in [-0.39, 0.29) is 19.8 Å². The maximum absolute atomic E-state index is 13.5. The molecule has 0 aromatic heterocycles. The van der Waals surface area contributed by atoms with Gasteiger partial charge in [-0.1, -0.05) is 0 Å². The van der Waals surface area contributed by atoms with Crippen molar-refractivity contribution >= 4 is 12.1 Å². The van der Waals surface area contributed by atoms with E-state index in [0.717, 1.165) is 25.7 Å². The highest BCUT2D eigenvalue weighted by atomic mass is 19.2. The number of hydrogen-bond acceptors (Lipinski definition) is 5. The molecule has 1 saturated carbocycles. The number of fused-ring (bicyclic) bond motifs is 1. The maximum Gasteiger partial charge on any atom is 0.407 e. The number of halogens is 5. The highest BCUT2D eigenvalue weighted by Gasteiger charge is 2.49. The van der Waals surface area contributed by atoms with Gasteiger partial charge in [0.2, 0.25) is 34.8 Å². The number of carbonyl (C=O) groups excluding carboxylic acids is 2. The number of benzene rings is 1. The Labute approximate surface area is 186 Å². The zero-order valence-corrected chi connectivity index (χ0v) is 17.5. The first-order valence-electron chi connectivity index (χ1n) is 10.5. The van der Waals surface area contributed by atoms with Crippen molar-refractivity contribution in [2.24, 2.45) is 17.8 Å². The average molecular weight is 475 g/mol. The standard InChI is InChI=1S/C22H22F5NO5/c23-16-17(24)19(26)21(20(27)18(16)25)33-15(29)7-9-31-10-8-28-22(30)32-11-14-12-5-3-1-2-4-6-13(12)14/h12-14H,3-11H2,(H,28,30)/t12-,13+,14?. The molecule has 33 heavy (non-hydrogen) atoms. The van der Waals surface area contributed by atoms with Crippen molar-refractivity contribution in [1.29, 1.82) is 0 Å². The van der Waals surface area contributed by atoms with Gasteiger partial charge in [0.25, 0.3) is 0 Å². The third kappa shape index (κ3) is 6.35. The predicted octanol–water partition coefficient (Wildman–Crippen LogP) is 3.86. The molecule has 0 saturated heterocycles. The van der Waals surface area contributed by atoms with E-state index in [1.54, 1.807) is 0 Å². The number of ether oxygens (including phenoxy) is 3. The van der Waals surface area contributed by atoms with Crippen LogP contribution in [0.15, 0.2) is 0 Å².